The van der Waals surface area contributed by atoms with Gasteiger partial charge in [-0.3, -0.25) is 4.68 Å². The second kappa shape index (κ2) is 5.03. The van der Waals surface area contributed by atoms with E-state index in [1.165, 1.54) is 6.33 Å². The number of rotatable bonds is 4. The highest BCUT2D eigenvalue weighted by Gasteiger charge is 2.08. The number of hydrogen-bond donors (Lipinski definition) is 1. The average molecular weight is 247 g/mol. The molecule has 96 valence electrons. The van der Waals surface area contributed by atoms with Gasteiger partial charge in [0.05, 0.1) is 18.4 Å². The van der Waals surface area contributed by atoms with Crippen LogP contribution in [0.5, 0.6) is 5.88 Å². The Hall–Kier alpha value is -2.11. The van der Waals surface area contributed by atoms with Gasteiger partial charge in [-0.05, 0) is 13.8 Å². The summed E-state index contributed by atoms with van der Waals surface area (Å²) in [7, 11) is 3.51. The van der Waals surface area contributed by atoms with Crippen molar-refractivity contribution in [2.24, 2.45) is 7.05 Å². The fraction of sp³-hybridized carbons (Fsp3) is 0.417. The molecule has 0 bridgehead atoms. The van der Waals surface area contributed by atoms with Gasteiger partial charge in [-0.15, -0.1) is 0 Å². The largest absolute Gasteiger partial charge is 0.481 e. The van der Waals surface area contributed by atoms with E-state index in [1.54, 1.807) is 11.8 Å². The standard InChI is InChI=1S/C12H17N5O/c1-8-11(14-7-15-12(8)18-4)13-5-10-6-17(3)16-9(10)2/h6-7H,5H2,1-4H3,(H,13,14,15). The quantitative estimate of drug-likeness (QED) is 0.885. The summed E-state index contributed by atoms with van der Waals surface area (Å²) in [6, 6.07) is 0. The molecule has 0 atom stereocenters. The molecule has 0 aromatic carbocycles. The molecule has 0 saturated carbocycles. The number of hydrogen-bond acceptors (Lipinski definition) is 5. The molecule has 6 nitrogen and oxygen atoms in total. The summed E-state index contributed by atoms with van der Waals surface area (Å²) in [5, 5.41) is 7.57. The van der Waals surface area contributed by atoms with Gasteiger partial charge < -0.3 is 10.1 Å². The summed E-state index contributed by atoms with van der Waals surface area (Å²) < 4.78 is 6.96. The smallest absolute Gasteiger partial charge is 0.221 e. The van der Waals surface area contributed by atoms with Gasteiger partial charge in [0.1, 0.15) is 12.1 Å². The number of aromatic nitrogens is 4. The number of aryl methyl sites for hydroxylation is 2. The van der Waals surface area contributed by atoms with E-state index in [0.29, 0.717) is 12.4 Å². The lowest BCUT2D eigenvalue weighted by Crippen LogP contribution is -2.05. The Morgan fingerprint density at radius 2 is 2.11 bits per heavy atom. The van der Waals surface area contributed by atoms with Crippen LogP contribution in [0.3, 0.4) is 0 Å². The predicted octanol–water partition coefficient (Wildman–Crippen LogP) is 1.45. The predicted molar refractivity (Wildman–Crippen MR) is 68.6 cm³/mol. The van der Waals surface area contributed by atoms with E-state index in [-0.39, 0.29) is 0 Å². The van der Waals surface area contributed by atoms with Crippen LogP contribution in [0, 0.1) is 13.8 Å². The van der Waals surface area contributed by atoms with Crippen LogP contribution in [-0.4, -0.2) is 26.9 Å². The minimum atomic E-state index is 0.593. The van der Waals surface area contributed by atoms with Crippen molar-refractivity contribution in [2.45, 2.75) is 20.4 Å². The lowest BCUT2D eigenvalue weighted by Gasteiger charge is -2.09. The van der Waals surface area contributed by atoms with E-state index in [1.807, 2.05) is 27.1 Å². The van der Waals surface area contributed by atoms with E-state index in [2.05, 4.69) is 20.4 Å². The second-order valence-corrected chi connectivity index (χ2v) is 4.12. The van der Waals surface area contributed by atoms with E-state index < -0.39 is 0 Å². The monoisotopic (exact) mass is 247 g/mol. The molecule has 0 radical (unpaired) electrons. The summed E-state index contributed by atoms with van der Waals surface area (Å²) in [5.74, 6) is 1.38. The van der Waals surface area contributed by atoms with Crippen molar-refractivity contribution in [2.75, 3.05) is 12.4 Å². The first-order valence-corrected chi connectivity index (χ1v) is 5.70. The minimum Gasteiger partial charge on any atom is -0.481 e. The number of ether oxygens (including phenoxy) is 1. The second-order valence-electron chi connectivity index (χ2n) is 4.12. The third kappa shape index (κ3) is 2.42. The molecule has 0 aliphatic carbocycles. The van der Waals surface area contributed by atoms with Crippen LogP contribution in [0.15, 0.2) is 12.5 Å². The zero-order valence-corrected chi connectivity index (χ0v) is 11.1. The zero-order valence-electron chi connectivity index (χ0n) is 11.1. The molecule has 0 spiro atoms. The van der Waals surface area contributed by atoms with Gasteiger partial charge in [0.2, 0.25) is 5.88 Å². The summed E-state index contributed by atoms with van der Waals surface area (Å²) in [5.41, 5.74) is 3.07. The molecule has 0 unspecified atom stereocenters. The van der Waals surface area contributed by atoms with Crippen LogP contribution >= 0.6 is 0 Å². The van der Waals surface area contributed by atoms with Crippen LogP contribution in [0.1, 0.15) is 16.8 Å². The van der Waals surface area contributed by atoms with Gasteiger partial charge in [-0.1, -0.05) is 0 Å². The lowest BCUT2D eigenvalue weighted by atomic mass is 10.2. The van der Waals surface area contributed by atoms with Crippen molar-refractivity contribution in [1.82, 2.24) is 19.7 Å². The third-order valence-electron chi connectivity index (χ3n) is 2.79. The van der Waals surface area contributed by atoms with Gasteiger partial charge in [0.15, 0.2) is 0 Å². The highest BCUT2D eigenvalue weighted by Crippen LogP contribution is 2.20. The first-order valence-electron chi connectivity index (χ1n) is 5.70. The molecule has 2 aromatic rings. The third-order valence-corrected chi connectivity index (χ3v) is 2.79. The fourth-order valence-corrected chi connectivity index (χ4v) is 1.82. The van der Waals surface area contributed by atoms with E-state index >= 15 is 0 Å². The number of methoxy groups -OCH3 is 1. The Morgan fingerprint density at radius 3 is 2.72 bits per heavy atom. The van der Waals surface area contributed by atoms with Gasteiger partial charge in [0.25, 0.3) is 0 Å². The first kappa shape index (κ1) is 12.3. The number of nitrogens with one attached hydrogen (secondary N) is 1. The zero-order chi connectivity index (χ0) is 13.1. The number of nitrogens with zero attached hydrogens (tertiary/aromatic N) is 4. The Kier molecular flexibility index (Phi) is 3.45. The summed E-state index contributed by atoms with van der Waals surface area (Å²) in [4.78, 5) is 8.25. The molecule has 0 saturated heterocycles. The molecular weight excluding hydrogens is 230 g/mol. The summed E-state index contributed by atoms with van der Waals surface area (Å²) in [6.07, 6.45) is 3.49. The topological polar surface area (TPSA) is 64.9 Å². The van der Waals surface area contributed by atoms with Crippen molar-refractivity contribution in [3.05, 3.63) is 29.3 Å². The first-order chi connectivity index (χ1) is 8.61. The molecule has 2 rings (SSSR count). The number of anilines is 1. The van der Waals surface area contributed by atoms with E-state index in [0.717, 1.165) is 22.6 Å². The van der Waals surface area contributed by atoms with Crippen molar-refractivity contribution in [3.63, 3.8) is 0 Å². The maximum absolute atomic E-state index is 5.16. The van der Waals surface area contributed by atoms with Crippen molar-refractivity contribution < 1.29 is 4.74 Å². The van der Waals surface area contributed by atoms with Gasteiger partial charge in [-0.2, -0.15) is 5.10 Å². The Morgan fingerprint density at radius 1 is 1.33 bits per heavy atom. The van der Waals surface area contributed by atoms with Gasteiger partial charge in [0, 0.05) is 25.4 Å². The molecule has 0 aliphatic heterocycles. The highest BCUT2D eigenvalue weighted by atomic mass is 16.5. The van der Waals surface area contributed by atoms with Crippen molar-refractivity contribution >= 4 is 5.82 Å². The molecule has 1 N–H and O–H groups in total. The SMILES string of the molecule is COc1ncnc(NCc2cn(C)nc2C)c1C. The lowest BCUT2D eigenvalue weighted by molar-refractivity contribution is 0.393. The molecule has 6 heteroatoms. The van der Waals surface area contributed by atoms with Crippen LogP contribution in [0.2, 0.25) is 0 Å². The summed E-state index contributed by atoms with van der Waals surface area (Å²) in [6.45, 7) is 4.60. The van der Waals surface area contributed by atoms with Crippen molar-refractivity contribution in [3.8, 4) is 5.88 Å². The molecule has 0 fully saturated rings. The van der Waals surface area contributed by atoms with Gasteiger partial charge >= 0.3 is 0 Å². The van der Waals surface area contributed by atoms with Crippen LogP contribution in [-0.2, 0) is 13.6 Å². The molecular formula is C12H17N5O. The maximum Gasteiger partial charge on any atom is 0.221 e. The Balaban J connectivity index is 2.13. The minimum absolute atomic E-state index is 0.593. The van der Waals surface area contributed by atoms with Gasteiger partial charge in [-0.25, -0.2) is 9.97 Å². The molecule has 2 heterocycles. The Bertz CT molecular complexity index is 549. The van der Waals surface area contributed by atoms with E-state index in [9.17, 15) is 0 Å². The van der Waals surface area contributed by atoms with Crippen LogP contribution in [0.4, 0.5) is 5.82 Å². The molecule has 0 amide bonds. The Labute approximate surface area is 106 Å². The summed E-state index contributed by atoms with van der Waals surface area (Å²) >= 11 is 0. The highest BCUT2D eigenvalue weighted by molar-refractivity contribution is 5.48. The van der Waals surface area contributed by atoms with Crippen molar-refractivity contribution in [1.29, 1.82) is 0 Å². The van der Waals surface area contributed by atoms with E-state index in [4.69, 9.17) is 4.74 Å². The van der Waals surface area contributed by atoms with Crippen LogP contribution < -0.4 is 10.1 Å². The average Bonchev–Trinajstić information content (AvgIpc) is 2.66. The molecule has 0 aliphatic rings. The fourth-order valence-electron chi connectivity index (χ4n) is 1.82. The molecule has 18 heavy (non-hydrogen) atoms. The van der Waals surface area contributed by atoms with Crippen LogP contribution in [0.25, 0.3) is 0 Å². The normalized spacial score (nSPS) is 10.4. The maximum atomic E-state index is 5.16. The molecule has 2 aromatic heterocycles.